The molecule has 1 aliphatic rings. The van der Waals surface area contributed by atoms with E-state index < -0.39 is 0 Å². The van der Waals surface area contributed by atoms with E-state index in [4.69, 9.17) is 0 Å². The summed E-state index contributed by atoms with van der Waals surface area (Å²) in [6.45, 7) is 15.8. The fourth-order valence-corrected chi connectivity index (χ4v) is 3.07. The molecule has 0 spiro atoms. The van der Waals surface area contributed by atoms with E-state index in [1.165, 1.54) is 36.3 Å². The number of piperazine rings is 1. The number of rotatable bonds is 6. The van der Waals surface area contributed by atoms with Gasteiger partial charge in [-0.2, -0.15) is 0 Å². The first-order chi connectivity index (χ1) is 10.1. The number of nitrogens with one attached hydrogen (secondary N) is 1. The minimum Gasteiger partial charge on any atom is -0.369 e. The van der Waals surface area contributed by atoms with Crippen molar-refractivity contribution in [1.82, 2.24) is 10.2 Å². The lowest BCUT2D eigenvalue weighted by Crippen LogP contribution is -2.49. The van der Waals surface area contributed by atoms with Gasteiger partial charge in [-0.05, 0) is 50.9 Å². The van der Waals surface area contributed by atoms with Crippen LogP contribution in [0.4, 0.5) is 5.69 Å². The Bertz CT molecular complexity index is 434. The van der Waals surface area contributed by atoms with Crippen LogP contribution in [0.5, 0.6) is 0 Å². The van der Waals surface area contributed by atoms with Crippen LogP contribution in [0.3, 0.4) is 0 Å². The second-order valence-electron chi connectivity index (χ2n) is 6.41. The van der Waals surface area contributed by atoms with E-state index in [9.17, 15) is 0 Å². The zero-order valence-corrected chi connectivity index (χ0v) is 14.2. The Morgan fingerprint density at radius 2 is 1.86 bits per heavy atom. The van der Waals surface area contributed by atoms with Crippen molar-refractivity contribution in [2.24, 2.45) is 0 Å². The van der Waals surface area contributed by atoms with Crippen LogP contribution in [0.15, 0.2) is 18.2 Å². The van der Waals surface area contributed by atoms with E-state index in [1.807, 2.05) is 0 Å². The normalized spacial score (nSPS) is 16.7. The van der Waals surface area contributed by atoms with E-state index in [0.29, 0.717) is 6.04 Å². The maximum atomic E-state index is 3.48. The minimum absolute atomic E-state index is 0.667. The highest BCUT2D eigenvalue weighted by Gasteiger charge is 2.19. The van der Waals surface area contributed by atoms with Crippen LogP contribution < -0.4 is 10.2 Å². The molecule has 1 heterocycles. The van der Waals surface area contributed by atoms with Crippen LogP contribution in [-0.2, 0) is 6.54 Å². The lowest BCUT2D eigenvalue weighted by Gasteiger charge is -2.38. The monoisotopic (exact) mass is 289 g/mol. The standard InChI is InChI=1S/C18H31N3/c1-5-8-19-14-17-6-7-18(16(4)13-17)21-11-9-20(10-12-21)15(2)3/h6-7,13,15,19H,5,8-12,14H2,1-4H3. The number of benzene rings is 1. The van der Waals surface area contributed by atoms with Gasteiger partial charge in [0.05, 0.1) is 0 Å². The van der Waals surface area contributed by atoms with Crippen molar-refractivity contribution in [2.75, 3.05) is 37.6 Å². The molecule has 0 amide bonds. The van der Waals surface area contributed by atoms with Gasteiger partial charge in [0.2, 0.25) is 0 Å². The summed E-state index contributed by atoms with van der Waals surface area (Å²) in [6.07, 6.45) is 1.19. The zero-order chi connectivity index (χ0) is 15.2. The van der Waals surface area contributed by atoms with Crippen LogP contribution in [0.1, 0.15) is 38.3 Å². The lowest BCUT2D eigenvalue weighted by atomic mass is 10.1. The molecule has 0 unspecified atom stereocenters. The van der Waals surface area contributed by atoms with Gasteiger partial charge in [-0.3, -0.25) is 4.90 Å². The van der Waals surface area contributed by atoms with Crippen molar-refractivity contribution in [3.63, 3.8) is 0 Å². The Kier molecular flexibility index (Phi) is 6.07. The minimum atomic E-state index is 0.667. The van der Waals surface area contributed by atoms with Crippen LogP contribution in [0.25, 0.3) is 0 Å². The summed E-state index contributed by atoms with van der Waals surface area (Å²) in [5.41, 5.74) is 4.21. The summed E-state index contributed by atoms with van der Waals surface area (Å²) in [6, 6.07) is 7.59. The average molecular weight is 289 g/mol. The third kappa shape index (κ3) is 4.45. The van der Waals surface area contributed by atoms with Crippen molar-refractivity contribution < 1.29 is 0 Å². The van der Waals surface area contributed by atoms with Crippen molar-refractivity contribution in [3.05, 3.63) is 29.3 Å². The second kappa shape index (κ2) is 7.81. The summed E-state index contributed by atoms with van der Waals surface area (Å²) in [5.74, 6) is 0. The number of hydrogen-bond acceptors (Lipinski definition) is 3. The Balaban J connectivity index is 1.95. The van der Waals surface area contributed by atoms with Crippen molar-refractivity contribution in [3.8, 4) is 0 Å². The van der Waals surface area contributed by atoms with Gasteiger partial charge in [-0.1, -0.05) is 19.1 Å². The van der Waals surface area contributed by atoms with Gasteiger partial charge < -0.3 is 10.2 Å². The fourth-order valence-electron chi connectivity index (χ4n) is 3.07. The van der Waals surface area contributed by atoms with Crippen molar-refractivity contribution >= 4 is 5.69 Å². The number of aryl methyl sites for hydroxylation is 1. The zero-order valence-electron chi connectivity index (χ0n) is 14.2. The molecule has 0 atom stereocenters. The first kappa shape index (κ1) is 16.3. The molecule has 1 aromatic carbocycles. The summed E-state index contributed by atoms with van der Waals surface area (Å²) >= 11 is 0. The van der Waals surface area contributed by atoms with Crippen LogP contribution in [-0.4, -0.2) is 43.7 Å². The molecule has 0 aromatic heterocycles. The molecule has 3 heteroatoms. The molecule has 3 nitrogen and oxygen atoms in total. The molecule has 1 aliphatic heterocycles. The lowest BCUT2D eigenvalue weighted by molar-refractivity contribution is 0.209. The predicted octanol–water partition coefficient (Wildman–Crippen LogP) is 3.03. The molecule has 1 N–H and O–H groups in total. The third-order valence-corrected chi connectivity index (χ3v) is 4.40. The SMILES string of the molecule is CCCNCc1ccc(N2CCN(C(C)C)CC2)c(C)c1. The summed E-state index contributed by atoms with van der Waals surface area (Å²) in [7, 11) is 0. The van der Waals surface area contributed by atoms with Gasteiger partial charge in [0.15, 0.2) is 0 Å². The highest BCUT2D eigenvalue weighted by Crippen LogP contribution is 2.23. The molecule has 0 radical (unpaired) electrons. The molecular weight excluding hydrogens is 258 g/mol. The molecule has 1 aromatic rings. The molecule has 0 aliphatic carbocycles. The topological polar surface area (TPSA) is 18.5 Å². The van der Waals surface area contributed by atoms with E-state index in [2.05, 4.69) is 61.0 Å². The number of anilines is 1. The van der Waals surface area contributed by atoms with Crippen LogP contribution in [0, 0.1) is 6.92 Å². The van der Waals surface area contributed by atoms with E-state index in [0.717, 1.165) is 26.2 Å². The van der Waals surface area contributed by atoms with E-state index >= 15 is 0 Å². The van der Waals surface area contributed by atoms with Crippen LogP contribution >= 0.6 is 0 Å². The molecule has 118 valence electrons. The Morgan fingerprint density at radius 1 is 1.14 bits per heavy atom. The number of hydrogen-bond donors (Lipinski definition) is 1. The molecule has 0 saturated carbocycles. The number of nitrogens with zero attached hydrogens (tertiary/aromatic N) is 2. The van der Waals surface area contributed by atoms with Gasteiger partial charge in [0.1, 0.15) is 0 Å². The Labute approximate surface area is 130 Å². The maximum Gasteiger partial charge on any atom is 0.0397 e. The predicted molar refractivity (Wildman–Crippen MR) is 92.1 cm³/mol. The largest absolute Gasteiger partial charge is 0.369 e. The molecule has 1 saturated heterocycles. The summed E-state index contributed by atoms with van der Waals surface area (Å²) in [4.78, 5) is 5.10. The highest BCUT2D eigenvalue weighted by atomic mass is 15.3. The highest BCUT2D eigenvalue weighted by molar-refractivity contribution is 5.54. The van der Waals surface area contributed by atoms with Gasteiger partial charge in [0, 0.05) is 44.5 Å². The van der Waals surface area contributed by atoms with Crippen molar-refractivity contribution in [1.29, 1.82) is 0 Å². The molecule has 1 fully saturated rings. The van der Waals surface area contributed by atoms with Gasteiger partial charge >= 0.3 is 0 Å². The summed E-state index contributed by atoms with van der Waals surface area (Å²) < 4.78 is 0. The Hall–Kier alpha value is -1.06. The molecule has 0 bridgehead atoms. The first-order valence-corrected chi connectivity index (χ1v) is 8.41. The smallest absolute Gasteiger partial charge is 0.0397 e. The van der Waals surface area contributed by atoms with E-state index in [1.54, 1.807) is 0 Å². The van der Waals surface area contributed by atoms with Gasteiger partial charge in [0.25, 0.3) is 0 Å². The first-order valence-electron chi connectivity index (χ1n) is 8.41. The van der Waals surface area contributed by atoms with Crippen molar-refractivity contribution in [2.45, 2.75) is 46.7 Å². The average Bonchev–Trinajstić information content (AvgIpc) is 2.48. The third-order valence-electron chi connectivity index (χ3n) is 4.40. The second-order valence-corrected chi connectivity index (χ2v) is 6.41. The fraction of sp³-hybridized carbons (Fsp3) is 0.667. The maximum absolute atomic E-state index is 3.48. The van der Waals surface area contributed by atoms with Gasteiger partial charge in [-0.25, -0.2) is 0 Å². The van der Waals surface area contributed by atoms with Crippen LogP contribution in [0.2, 0.25) is 0 Å². The molecule has 21 heavy (non-hydrogen) atoms. The molecule has 2 rings (SSSR count). The Morgan fingerprint density at radius 3 is 2.43 bits per heavy atom. The molecular formula is C18H31N3. The quantitative estimate of drug-likeness (QED) is 0.812. The van der Waals surface area contributed by atoms with Gasteiger partial charge in [-0.15, -0.1) is 0 Å². The van der Waals surface area contributed by atoms with E-state index in [-0.39, 0.29) is 0 Å². The summed E-state index contributed by atoms with van der Waals surface area (Å²) in [5, 5.41) is 3.48.